The highest BCUT2D eigenvalue weighted by Gasteiger charge is 2.14. The highest BCUT2D eigenvalue weighted by molar-refractivity contribution is 5.33. The fourth-order valence-corrected chi connectivity index (χ4v) is 2.60. The minimum atomic E-state index is 0.625. The molecule has 1 aliphatic rings. The SMILES string of the molecule is Cc1ccc(OCCOCCN2CCC(C)CC2)cc1C. The molecule has 0 radical (unpaired) electrons. The molecule has 1 aromatic rings. The monoisotopic (exact) mass is 291 g/mol. The summed E-state index contributed by atoms with van der Waals surface area (Å²) in [5.74, 6) is 1.83. The summed E-state index contributed by atoms with van der Waals surface area (Å²) in [6, 6.07) is 6.21. The summed E-state index contributed by atoms with van der Waals surface area (Å²) in [5, 5.41) is 0. The van der Waals surface area contributed by atoms with Crippen LogP contribution in [0.2, 0.25) is 0 Å². The second-order valence-electron chi connectivity index (χ2n) is 6.23. The molecule has 1 aliphatic heterocycles. The lowest BCUT2D eigenvalue weighted by molar-refractivity contribution is 0.0708. The summed E-state index contributed by atoms with van der Waals surface area (Å²) in [6.07, 6.45) is 2.66. The molecule has 0 N–H and O–H groups in total. The van der Waals surface area contributed by atoms with Crippen LogP contribution in [-0.4, -0.2) is 44.4 Å². The molecule has 0 unspecified atom stereocenters. The molecule has 3 heteroatoms. The van der Waals surface area contributed by atoms with Crippen LogP contribution >= 0.6 is 0 Å². The Bertz CT molecular complexity index is 425. The number of ether oxygens (including phenoxy) is 2. The van der Waals surface area contributed by atoms with Gasteiger partial charge >= 0.3 is 0 Å². The zero-order valence-corrected chi connectivity index (χ0v) is 13.7. The number of aryl methyl sites for hydroxylation is 2. The number of rotatable bonds is 7. The summed E-state index contributed by atoms with van der Waals surface area (Å²) in [6.45, 7) is 12.2. The van der Waals surface area contributed by atoms with E-state index < -0.39 is 0 Å². The van der Waals surface area contributed by atoms with Crippen molar-refractivity contribution in [3.05, 3.63) is 29.3 Å². The smallest absolute Gasteiger partial charge is 0.119 e. The van der Waals surface area contributed by atoms with Crippen LogP contribution in [0.15, 0.2) is 18.2 Å². The van der Waals surface area contributed by atoms with Gasteiger partial charge in [-0.25, -0.2) is 0 Å². The first-order valence-corrected chi connectivity index (χ1v) is 8.15. The van der Waals surface area contributed by atoms with Crippen LogP contribution in [0.4, 0.5) is 0 Å². The third-order valence-corrected chi connectivity index (χ3v) is 4.40. The van der Waals surface area contributed by atoms with E-state index in [2.05, 4.69) is 37.8 Å². The van der Waals surface area contributed by atoms with Crippen LogP contribution in [0.3, 0.4) is 0 Å². The molecule has 0 aliphatic carbocycles. The molecule has 0 atom stereocenters. The molecule has 0 aromatic heterocycles. The first-order chi connectivity index (χ1) is 10.1. The number of hydrogen-bond donors (Lipinski definition) is 0. The minimum Gasteiger partial charge on any atom is -0.491 e. The van der Waals surface area contributed by atoms with Gasteiger partial charge in [0.1, 0.15) is 12.4 Å². The molecule has 0 amide bonds. The molecule has 118 valence electrons. The van der Waals surface area contributed by atoms with E-state index in [0.717, 1.165) is 24.8 Å². The third kappa shape index (κ3) is 5.68. The van der Waals surface area contributed by atoms with Crippen molar-refractivity contribution in [2.24, 2.45) is 5.92 Å². The predicted octanol–water partition coefficient (Wildman–Crippen LogP) is 3.43. The van der Waals surface area contributed by atoms with Crippen molar-refractivity contribution >= 4 is 0 Å². The maximum Gasteiger partial charge on any atom is 0.119 e. The van der Waals surface area contributed by atoms with Crippen LogP contribution in [0.5, 0.6) is 5.75 Å². The number of nitrogens with zero attached hydrogens (tertiary/aromatic N) is 1. The fourth-order valence-electron chi connectivity index (χ4n) is 2.60. The third-order valence-electron chi connectivity index (χ3n) is 4.40. The van der Waals surface area contributed by atoms with Gasteiger partial charge in [0.15, 0.2) is 0 Å². The van der Waals surface area contributed by atoms with Gasteiger partial charge < -0.3 is 14.4 Å². The summed E-state index contributed by atoms with van der Waals surface area (Å²) in [7, 11) is 0. The van der Waals surface area contributed by atoms with E-state index in [1.807, 2.05) is 6.07 Å². The number of piperidine rings is 1. The van der Waals surface area contributed by atoms with Gasteiger partial charge in [0.25, 0.3) is 0 Å². The Balaban J connectivity index is 1.53. The Morgan fingerprint density at radius 2 is 1.81 bits per heavy atom. The van der Waals surface area contributed by atoms with Crippen molar-refractivity contribution in [1.82, 2.24) is 4.90 Å². The van der Waals surface area contributed by atoms with Crippen LogP contribution in [0.1, 0.15) is 30.9 Å². The van der Waals surface area contributed by atoms with Gasteiger partial charge in [0.2, 0.25) is 0 Å². The summed E-state index contributed by atoms with van der Waals surface area (Å²) >= 11 is 0. The lowest BCUT2D eigenvalue weighted by Crippen LogP contribution is -2.35. The minimum absolute atomic E-state index is 0.625. The van der Waals surface area contributed by atoms with Gasteiger partial charge in [-0.2, -0.15) is 0 Å². The van der Waals surface area contributed by atoms with Crippen molar-refractivity contribution in [2.75, 3.05) is 39.5 Å². The average molecular weight is 291 g/mol. The van der Waals surface area contributed by atoms with Crippen molar-refractivity contribution in [3.8, 4) is 5.75 Å². The van der Waals surface area contributed by atoms with Crippen molar-refractivity contribution < 1.29 is 9.47 Å². The molecule has 0 spiro atoms. The Hall–Kier alpha value is -1.06. The number of hydrogen-bond acceptors (Lipinski definition) is 3. The topological polar surface area (TPSA) is 21.7 Å². The molecule has 1 fully saturated rings. The molecule has 3 nitrogen and oxygen atoms in total. The summed E-state index contributed by atoms with van der Waals surface area (Å²) in [4.78, 5) is 2.50. The molecule has 2 rings (SSSR count). The second-order valence-corrected chi connectivity index (χ2v) is 6.23. The standard InChI is InChI=1S/C18H29NO2/c1-15-6-8-19(9-7-15)10-11-20-12-13-21-18-5-4-16(2)17(3)14-18/h4-5,14-15H,6-13H2,1-3H3. The molecule has 21 heavy (non-hydrogen) atoms. The molecular formula is C18H29NO2. The maximum atomic E-state index is 5.71. The van der Waals surface area contributed by atoms with Crippen molar-refractivity contribution in [2.45, 2.75) is 33.6 Å². The molecule has 1 heterocycles. The predicted molar refractivity (Wildman–Crippen MR) is 87.1 cm³/mol. The highest BCUT2D eigenvalue weighted by atomic mass is 16.5. The van der Waals surface area contributed by atoms with E-state index in [1.54, 1.807) is 0 Å². The average Bonchev–Trinajstić information content (AvgIpc) is 2.48. The van der Waals surface area contributed by atoms with E-state index in [9.17, 15) is 0 Å². The van der Waals surface area contributed by atoms with Crippen LogP contribution in [-0.2, 0) is 4.74 Å². The number of benzene rings is 1. The van der Waals surface area contributed by atoms with Gasteiger partial charge in [-0.3, -0.25) is 0 Å². The second kappa shape index (κ2) is 8.40. The van der Waals surface area contributed by atoms with Crippen molar-refractivity contribution in [1.29, 1.82) is 0 Å². The quantitative estimate of drug-likeness (QED) is 0.718. The lowest BCUT2D eigenvalue weighted by Gasteiger charge is -2.29. The van der Waals surface area contributed by atoms with Crippen LogP contribution in [0.25, 0.3) is 0 Å². The van der Waals surface area contributed by atoms with Gasteiger partial charge in [-0.1, -0.05) is 13.0 Å². The Morgan fingerprint density at radius 1 is 1.05 bits per heavy atom. The maximum absolute atomic E-state index is 5.71. The Morgan fingerprint density at radius 3 is 2.52 bits per heavy atom. The van der Waals surface area contributed by atoms with E-state index in [1.165, 1.54) is 37.1 Å². The van der Waals surface area contributed by atoms with Gasteiger partial charge in [0, 0.05) is 6.54 Å². The Labute approximate surface area is 129 Å². The highest BCUT2D eigenvalue weighted by Crippen LogP contribution is 2.16. The summed E-state index contributed by atoms with van der Waals surface area (Å²) < 4.78 is 11.4. The van der Waals surface area contributed by atoms with Gasteiger partial charge in [-0.15, -0.1) is 0 Å². The summed E-state index contributed by atoms with van der Waals surface area (Å²) in [5.41, 5.74) is 2.57. The molecular weight excluding hydrogens is 262 g/mol. The zero-order chi connectivity index (χ0) is 15.1. The van der Waals surface area contributed by atoms with Gasteiger partial charge in [-0.05, 0) is 69.0 Å². The normalized spacial score (nSPS) is 17.1. The van der Waals surface area contributed by atoms with E-state index in [-0.39, 0.29) is 0 Å². The number of likely N-dealkylation sites (tertiary alicyclic amines) is 1. The van der Waals surface area contributed by atoms with Crippen LogP contribution < -0.4 is 4.74 Å². The van der Waals surface area contributed by atoms with Crippen LogP contribution in [0, 0.1) is 19.8 Å². The molecule has 0 saturated carbocycles. The first-order valence-electron chi connectivity index (χ1n) is 8.15. The van der Waals surface area contributed by atoms with Gasteiger partial charge in [0.05, 0.1) is 13.2 Å². The van der Waals surface area contributed by atoms with E-state index >= 15 is 0 Å². The lowest BCUT2D eigenvalue weighted by atomic mass is 9.99. The largest absolute Gasteiger partial charge is 0.491 e. The first kappa shape index (κ1) is 16.3. The van der Waals surface area contributed by atoms with E-state index in [0.29, 0.717) is 13.2 Å². The van der Waals surface area contributed by atoms with E-state index in [4.69, 9.17) is 9.47 Å². The Kier molecular flexibility index (Phi) is 6.52. The molecule has 1 aromatic carbocycles. The zero-order valence-electron chi connectivity index (χ0n) is 13.7. The fraction of sp³-hybridized carbons (Fsp3) is 0.667. The molecule has 1 saturated heterocycles. The van der Waals surface area contributed by atoms with Crippen molar-refractivity contribution in [3.63, 3.8) is 0 Å². The molecule has 0 bridgehead atoms.